The number of hydrogen-bond donors (Lipinski definition) is 2. The van der Waals surface area contributed by atoms with Gasteiger partial charge in [-0.25, -0.2) is 9.69 Å². The van der Waals surface area contributed by atoms with Gasteiger partial charge in [-0.2, -0.15) is 22.5 Å². The molecular formula is C32H31Cl3N6O3S2. The molecule has 4 aromatic rings. The van der Waals surface area contributed by atoms with Crippen molar-refractivity contribution in [3.8, 4) is 28.1 Å². The molecule has 0 saturated carbocycles. The lowest BCUT2D eigenvalue weighted by Gasteiger charge is -2.26. The number of carbonyl (C=O) groups excluding carboxylic acids is 1. The third-order valence-electron chi connectivity index (χ3n) is 7.80. The lowest BCUT2D eigenvalue weighted by atomic mass is 10.1. The van der Waals surface area contributed by atoms with Crippen molar-refractivity contribution in [1.82, 2.24) is 29.2 Å². The van der Waals surface area contributed by atoms with Gasteiger partial charge in [0.1, 0.15) is 0 Å². The highest BCUT2D eigenvalue weighted by atomic mass is 35.5. The predicted octanol–water partition coefficient (Wildman–Crippen LogP) is 6.52. The molecule has 2 saturated heterocycles. The highest BCUT2D eigenvalue weighted by molar-refractivity contribution is 7.87. The maximum atomic E-state index is 13.9. The van der Waals surface area contributed by atoms with Gasteiger partial charge in [0.2, 0.25) is 0 Å². The molecule has 46 heavy (non-hydrogen) atoms. The molecule has 2 aliphatic heterocycles. The summed E-state index contributed by atoms with van der Waals surface area (Å²) in [6.07, 6.45) is 4.65. The zero-order valence-corrected chi connectivity index (χ0v) is 28.6. The predicted molar refractivity (Wildman–Crippen MR) is 184 cm³/mol. The van der Waals surface area contributed by atoms with Gasteiger partial charge in [0.15, 0.2) is 5.69 Å². The van der Waals surface area contributed by atoms with E-state index in [4.69, 9.17) is 39.9 Å². The second-order valence-electron chi connectivity index (χ2n) is 11.0. The van der Waals surface area contributed by atoms with E-state index >= 15 is 0 Å². The van der Waals surface area contributed by atoms with Crippen LogP contribution in [-0.4, -0.2) is 59.6 Å². The highest BCUT2D eigenvalue weighted by Gasteiger charge is 2.31. The number of carbonyl (C=O) groups is 1. The van der Waals surface area contributed by atoms with Crippen molar-refractivity contribution in [1.29, 1.82) is 0 Å². The molecule has 0 radical (unpaired) electrons. The van der Waals surface area contributed by atoms with Gasteiger partial charge in [-0.15, -0.1) is 11.3 Å². The van der Waals surface area contributed by atoms with Gasteiger partial charge in [-0.05, 0) is 80.3 Å². The van der Waals surface area contributed by atoms with Crippen LogP contribution in [0.15, 0.2) is 54.6 Å². The Hall–Kier alpha value is -2.92. The Bertz CT molecular complexity index is 1900. The summed E-state index contributed by atoms with van der Waals surface area (Å²) >= 11 is 20.3. The lowest BCUT2D eigenvalue weighted by molar-refractivity contribution is 0.0743. The van der Waals surface area contributed by atoms with Crippen molar-refractivity contribution in [2.24, 2.45) is 0 Å². The molecule has 0 atom stereocenters. The van der Waals surface area contributed by atoms with Gasteiger partial charge in [0, 0.05) is 53.9 Å². The molecule has 0 aliphatic carbocycles. The summed E-state index contributed by atoms with van der Waals surface area (Å²) in [5.74, 6) is 5.92. The van der Waals surface area contributed by atoms with Crippen LogP contribution in [0, 0.1) is 11.8 Å². The fraction of sp³-hybridized carbons (Fsp3) is 0.312. The number of hydrazine groups is 1. The molecule has 2 N–H and O–H groups in total. The largest absolute Gasteiger partial charge is 0.286 e. The second kappa shape index (κ2) is 14.5. The highest BCUT2D eigenvalue weighted by Crippen LogP contribution is 2.37. The molecule has 0 bridgehead atoms. The zero-order valence-electron chi connectivity index (χ0n) is 24.7. The minimum Gasteiger partial charge on any atom is -0.283 e. The molecule has 0 spiro atoms. The third-order valence-corrected chi connectivity index (χ3v) is 11.2. The van der Waals surface area contributed by atoms with Crippen molar-refractivity contribution < 1.29 is 13.2 Å². The van der Waals surface area contributed by atoms with Crippen LogP contribution in [0.3, 0.4) is 0 Å². The van der Waals surface area contributed by atoms with E-state index in [1.54, 1.807) is 35.0 Å². The van der Waals surface area contributed by atoms with Gasteiger partial charge < -0.3 is 0 Å². The van der Waals surface area contributed by atoms with Gasteiger partial charge in [-0.3, -0.25) is 10.2 Å². The number of aromatic nitrogens is 2. The van der Waals surface area contributed by atoms with Crippen LogP contribution in [0.25, 0.3) is 16.3 Å². The Morgan fingerprint density at radius 1 is 0.870 bits per heavy atom. The fourth-order valence-electron chi connectivity index (χ4n) is 5.47. The first-order chi connectivity index (χ1) is 22.2. The number of nitrogens with zero attached hydrogens (tertiary/aromatic N) is 4. The number of piperidine rings is 1. The molecule has 1 amide bonds. The van der Waals surface area contributed by atoms with E-state index in [0.29, 0.717) is 45.1 Å². The monoisotopic (exact) mass is 716 g/mol. The third kappa shape index (κ3) is 7.62. The summed E-state index contributed by atoms with van der Waals surface area (Å²) in [6.45, 7) is 2.18. The number of amides is 1. The van der Waals surface area contributed by atoms with Crippen LogP contribution in [-0.2, 0) is 16.8 Å². The lowest BCUT2D eigenvalue weighted by Crippen LogP contribution is -2.45. The van der Waals surface area contributed by atoms with Crippen molar-refractivity contribution in [3.05, 3.63) is 91.4 Å². The summed E-state index contributed by atoms with van der Waals surface area (Å²) in [6, 6.07) is 16.0. The van der Waals surface area contributed by atoms with E-state index in [1.165, 1.54) is 15.6 Å². The molecule has 2 aromatic heterocycles. The molecule has 2 aliphatic rings. The van der Waals surface area contributed by atoms with E-state index < -0.39 is 16.1 Å². The number of nitrogens with one attached hydrogen (secondary N) is 2. The van der Waals surface area contributed by atoms with E-state index in [1.807, 2.05) is 29.3 Å². The quantitative estimate of drug-likeness (QED) is 0.202. The number of benzene rings is 2. The van der Waals surface area contributed by atoms with Crippen molar-refractivity contribution in [3.63, 3.8) is 0 Å². The molecular weight excluding hydrogens is 687 g/mol. The Kier molecular flexibility index (Phi) is 10.4. The van der Waals surface area contributed by atoms with Crippen LogP contribution in [0.2, 0.25) is 15.1 Å². The van der Waals surface area contributed by atoms with Crippen LogP contribution < -0.4 is 10.1 Å². The Labute approximate surface area is 287 Å². The molecule has 14 heteroatoms. The summed E-state index contributed by atoms with van der Waals surface area (Å²) in [7, 11) is -3.80. The number of hydrogen-bond acceptors (Lipinski definition) is 6. The smallest absolute Gasteiger partial charge is 0.283 e. The Balaban J connectivity index is 1.45. The fourth-order valence-corrected chi connectivity index (χ4v) is 8.25. The number of thiophene rings is 1. The normalized spacial score (nSPS) is 15.9. The zero-order chi connectivity index (χ0) is 32.3. The molecule has 4 heterocycles. The topological polar surface area (TPSA) is 99.6 Å². The van der Waals surface area contributed by atoms with Crippen molar-refractivity contribution in [2.45, 2.75) is 38.6 Å². The van der Waals surface area contributed by atoms with E-state index in [2.05, 4.69) is 22.0 Å². The maximum Gasteiger partial charge on any atom is 0.286 e. The molecule has 2 aromatic carbocycles. The average molecular weight is 718 g/mol. The molecule has 6 rings (SSSR count). The minimum absolute atomic E-state index is 0.0953. The van der Waals surface area contributed by atoms with Crippen LogP contribution in [0.5, 0.6) is 0 Å². The summed E-state index contributed by atoms with van der Waals surface area (Å²) in [4.78, 5) is 15.4. The second-order valence-corrected chi connectivity index (χ2v) is 15.1. The van der Waals surface area contributed by atoms with E-state index in [9.17, 15) is 13.2 Å². The van der Waals surface area contributed by atoms with Gasteiger partial charge in [-0.1, -0.05) is 53.1 Å². The minimum atomic E-state index is -3.80. The van der Waals surface area contributed by atoms with Crippen molar-refractivity contribution >= 4 is 62.3 Å². The molecule has 240 valence electrons. The van der Waals surface area contributed by atoms with E-state index in [0.717, 1.165) is 60.5 Å². The van der Waals surface area contributed by atoms with Gasteiger partial charge in [0.05, 0.1) is 26.2 Å². The van der Waals surface area contributed by atoms with E-state index in [-0.39, 0.29) is 12.2 Å². The molecule has 0 unspecified atom stereocenters. The first-order valence-corrected chi connectivity index (χ1v) is 18.3. The number of rotatable bonds is 8. The first-order valence-electron chi connectivity index (χ1n) is 14.9. The first kappa shape index (κ1) is 33.0. The number of halogens is 3. The van der Waals surface area contributed by atoms with Crippen LogP contribution in [0.1, 0.15) is 58.6 Å². The van der Waals surface area contributed by atoms with Crippen molar-refractivity contribution in [2.75, 3.05) is 26.2 Å². The summed E-state index contributed by atoms with van der Waals surface area (Å²) < 4.78 is 32.3. The standard InChI is InChI=1S/C32H31Cl3N6O3S2/c33-23-9-6-22(7-10-23)8-12-25-13-15-29(45-25)31-26(21-36-46(43,44)40-18-4-5-19-40)30(32(42)38-39-16-2-1-3-17-39)37-41(31)28-14-11-24(34)20-27(28)35/h6-7,9-11,13-15,20,36H,1-5,16-19,21H2,(H,38,42). The average Bonchev–Trinajstić information content (AvgIpc) is 3.81. The SMILES string of the molecule is O=C(NN1CCCCC1)c1nn(-c2ccc(Cl)cc2Cl)c(-c2ccc(C#Cc3ccc(Cl)cc3)s2)c1CNS(=O)(=O)N1CCCC1. The summed E-state index contributed by atoms with van der Waals surface area (Å²) in [5, 5.41) is 8.06. The molecule has 2 fully saturated rings. The Morgan fingerprint density at radius 2 is 1.57 bits per heavy atom. The van der Waals surface area contributed by atoms with Crippen LogP contribution >= 0.6 is 46.1 Å². The Morgan fingerprint density at radius 3 is 2.28 bits per heavy atom. The van der Waals surface area contributed by atoms with Gasteiger partial charge >= 0.3 is 0 Å². The maximum absolute atomic E-state index is 13.9. The van der Waals surface area contributed by atoms with Gasteiger partial charge in [0.25, 0.3) is 16.1 Å². The molecule has 9 nitrogen and oxygen atoms in total. The summed E-state index contributed by atoms with van der Waals surface area (Å²) in [5.41, 5.74) is 5.34. The van der Waals surface area contributed by atoms with Crippen LogP contribution in [0.4, 0.5) is 0 Å².